The van der Waals surface area contributed by atoms with Crippen molar-refractivity contribution in [2.45, 2.75) is 6.92 Å². The molecule has 0 aliphatic carbocycles. The van der Waals surface area contributed by atoms with E-state index in [1.54, 1.807) is 6.92 Å². The lowest BCUT2D eigenvalue weighted by molar-refractivity contribution is -0.119. The number of hydrazone groups is 1. The molecular weight excluding hydrogens is 414 g/mol. The number of aryl methyl sites for hydroxylation is 1. The second-order valence-corrected chi connectivity index (χ2v) is 6.84. The van der Waals surface area contributed by atoms with Crippen LogP contribution in [-0.4, -0.2) is 28.4 Å². The average Bonchev–Trinajstić information content (AvgIpc) is 3.06. The van der Waals surface area contributed by atoms with E-state index in [0.29, 0.717) is 11.3 Å². The summed E-state index contributed by atoms with van der Waals surface area (Å²) in [5.41, 5.74) is 4.85. The van der Waals surface area contributed by atoms with Gasteiger partial charge in [0.1, 0.15) is 0 Å². The van der Waals surface area contributed by atoms with Crippen LogP contribution in [0, 0.1) is 6.92 Å². The Morgan fingerprint density at radius 1 is 1.03 bits per heavy atom. The summed E-state index contributed by atoms with van der Waals surface area (Å²) >= 11 is 0. The second-order valence-electron chi connectivity index (χ2n) is 6.84. The molecule has 7 nitrogen and oxygen atoms in total. The predicted octanol–water partition coefficient (Wildman–Crippen LogP) is 3.61. The van der Waals surface area contributed by atoms with Crippen LogP contribution in [0.2, 0.25) is 0 Å². The number of hydrogen-bond donors (Lipinski definition) is 3. The van der Waals surface area contributed by atoms with Gasteiger partial charge in [-0.15, -0.1) is 12.4 Å². The van der Waals surface area contributed by atoms with E-state index in [9.17, 15) is 9.59 Å². The molecular formula is C23H22ClN5O2. The Labute approximate surface area is 185 Å². The topological polar surface area (TPSA) is 91.3 Å². The molecule has 0 atom stereocenters. The van der Waals surface area contributed by atoms with Gasteiger partial charge in [-0.2, -0.15) is 5.10 Å². The van der Waals surface area contributed by atoms with E-state index in [1.807, 2.05) is 72.8 Å². The maximum Gasteiger partial charge on any atom is 0.280 e. The smallest absolute Gasteiger partial charge is 0.280 e. The number of carbonyl (C=O) groups excluding carboxylic acids is 1. The Morgan fingerprint density at radius 3 is 2.52 bits per heavy atom. The van der Waals surface area contributed by atoms with E-state index >= 15 is 0 Å². The Hall–Kier alpha value is -3.84. The Bertz CT molecular complexity index is 1280. The van der Waals surface area contributed by atoms with Gasteiger partial charge >= 0.3 is 0 Å². The predicted molar refractivity (Wildman–Crippen MR) is 127 cm³/mol. The standard InChI is InChI=1S/C23H21N5O2.ClH/c1-16-21(23(30)28(27-16)20-9-3-2-4-10-20)14-25-26-22(29)15-24-19-12-11-17-7-5-6-8-18(17)13-19;/h2-14,24,27H,15H2,1H3,(H,26,29);1H/b25-14+;. The minimum atomic E-state index is -0.309. The van der Waals surface area contributed by atoms with Crippen molar-refractivity contribution in [1.29, 1.82) is 0 Å². The van der Waals surface area contributed by atoms with Gasteiger partial charge in [0.15, 0.2) is 0 Å². The molecule has 0 radical (unpaired) electrons. The van der Waals surface area contributed by atoms with Gasteiger partial charge < -0.3 is 5.32 Å². The van der Waals surface area contributed by atoms with E-state index in [-0.39, 0.29) is 30.4 Å². The van der Waals surface area contributed by atoms with Crippen molar-refractivity contribution in [3.63, 3.8) is 0 Å². The summed E-state index contributed by atoms with van der Waals surface area (Å²) in [6.07, 6.45) is 1.36. The number of nitrogens with one attached hydrogen (secondary N) is 3. The largest absolute Gasteiger partial charge is 0.376 e. The molecule has 0 fully saturated rings. The van der Waals surface area contributed by atoms with Crippen molar-refractivity contribution in [3.8, 4) is 5.69 Å². The third-order valence-electron chi connectivity index (χ3n) is 4.72. The molecule has 8 heteroatoms. The summed E-state index contributed by atoms with van der Waals surface area (Å²) < 4.78 is 1.44. The van der Waals surface area contributed by atoms with E-state index < -0.39 is 0 Å². The number of rotatable bonds is 6. The number of nitrogens with zero attached hydrogens (tertiary/aromatic N) is 2. The average molecular weight is 436 g/mol. The molecule has 3 aromatic carbocycles. The fourth-order valence-corrected chi connectivity index (χ4v) is 3.16. The van der Waals surface area contributed by atoms with Gasteiger partial charge in [0.2, 0.25) is 0 Å². The van der Waals surface area contributed by atoms with Gasteiger partial charge in [-0.05, 0) is 42.0 Å². The molecule has 0 aliphatic heterocycles. The number of anilines is 1. The fourth-order valence-electron chi connectivity index (χ4n) is 3.16. The normalized spacial score (nSPS) is 10.7. The van der Waals surface area contributed by atoms with Crippen LogP contribution in [0.25, 0.3) is 16.5 Å². The lowest BCUT2D eigenvalue weighted by Crippen LogP contribution is -2.26. The van der Waals surface area contributed by atoms with Crippen molar-refractivity contribution in [1.82, 2.24) is 15.2 Å². The molecule has 0 bridgehead atoms. The molecule has 0 unspecified atom stereocenters. The van der Waals surface area contributed by atoms with Crippen molar-refractivity contribution in [3.05, 3.63) is 94.4 Å². The number of carbonyl (C=O) groups is 1. The van der Waals surface area contributed by atoms with Crippen LogP contribution in [0.15, 0.2) is 82.7 Å². The molecule has 4 aromatic rings. The molecule has 0 aliphatic rings. The number of para-hydroxylation sites is 1. The number of aromatic amines is 1. The number of H-pyrrole nitrogens is 1. The van der Waals surface area contributed by atoms with Gasteiger partial charge in [0.25, 0.3) is 11.5 Å². The first-order chi connectivity index (χ1) is 14.6. The summed E-state index contributed by atoms with van der Waals surface area (Å²) in [6.45, 7) is 1.85. The summed E-state index contributed by atoms with van der Waals surface area (Å²) in [6, 6.07) is 23.2. The van der Waals surface area contributed by atoms with Gasteiger partial charge in [0, 0.05) is 11.4 Å². The Kier molecular flexibility index (Phi) is 6.89. The Morgan fingerprint density at radius 2 is 1.74 bits per heavy atom. The van der Waals surface area contributed by atoms with Gasteiger partial charge in [0.05, 0.1) is 24.0 Å². The van der Waals surface area contributed by atoms with Crippen LogP contribution in [-0.2, 0) is 4.79 Å². The van der Waals surface area contributed by atoms with Crippen molar-refractivity contribution in [2.24, 2.45) is 5.10 Å². The number of hydrogen-bond acceptors (Lipinski definition) is 4. The number of fused-ring (bicyclic) bond motifs is 1. The maximum atomic E-state index is 12.6. The van der Waals surface area contributed by atoms with Crippen molar-refractivity contribution in [2.75, 3.05) is 11.9 Å². The molecule has 4 rings (SSSR count). The zero-order valence-corrected chi connectivity index (χ0v) is 17.6. The minimum absolute atomic E-state index is 0. The molecule has 0 saturated heterocycles. The summed E-state index contributed by atoms with van der Waals surface area (Å²) in [5.74, 6) is -0.309. The summed E-state index contributed by atoms with van der Waals surface area (Å²) in [5, 5.41) is 12.3. The third-order valence-corrected chi connectivity index (χ3v) is 4.72. The first-order valence-corrected chi connectivity index (χ1v) is 9.53. The number of aromatic nitrogens is 2. The van der Waals surface area contributed by atoms with E-state index in [0.717, 1.165) is 22.1 Å². The molecule has 31 heavy (non-hydrogen) atoms. The van der Waals surface area contributed by atoms with E-state index in [1.165, 1.54) is 10.9 Å². The van der Waals surface area contributed by atoms with Gasteiger partial charge in [-0.25, -0.2) is 10.1 Å². The first-order valence-electron chi connectivity index (χ1n) is 9.53. The summed E-state index contributed by atoms with van der Waals surface area (Å²) in [4.78, 5) is 24.7. The van der Waals surface area contributed by atoms with Crippen molar-refractivity contribution >= 4 is 41.0 Å². The van der Waals surface area contributed by atoms with Crippen LogP contribution in [0.1, 0.15) is 11.3 Å². The van der Waals surface area contributed by atoms with E-state index in [4.69, 9.17) is 0 Å². The van der Waals surface area contributed by atoms with Crippen LogP contribution in [0.4, 0.5) is 5.69 Å². The quantitative estimate of drug-likeness (QED) is 0.319. The highest BCUT2D eigenvalue weighted by Gasteiger charge is 2.10. The number of benzene rings is 3. The zero-order valence-electron chi connectivity index (χ0n) is 16.8. The highest BCUT2D eigenvalue weighted by molar-refractivity contribution is 5.88. The monoisotopic (exact) mass is 435 g/mol. The lowest BCUT2D eigenvalue weighted by Gasteiger charge is -2.06. The Balaban J connectivity index is 0.00000272. The molecule has 158 valence electrons. The molecule has 1 aromatic heterocycles. The number of halogens is 1. The molecule has 1 amide bonds. The number of amides is 1. The van der Waals surface area contributed by atoms with Crippen LogP contribution < -0.4 is 16.3 Å². The fraction of sp³-hybridized carbons (Fsp3) is 0.0870. The lowest BCUT2D eigenvalue weighted by atomic mass is 10.1. The zero-order chi connectivity index (χ0) is 20.9. The van der Waals surface area contributed by atoms with Crippen LogP contribution >= 0.6 is 12.4 Å². The minimum Gasteiger partial charge on any atom is -0.376 e. The summed E-state index contributed by atoms with van der Waals surface area (Å²) in [7, 11) is 0. The van der Waals surface area contributed by atoms with Crippen LogP contribution in [0.5, 0.6) is 0 Å². The third kappa shape index (κ3) is 5.02. The highest BCUT2D eigenvalue weighted by atomic mass is 35.5. The van der Waals surface area contributed by atoms with E-state index in [2.05, 4.69) is 20.9 Å². The second kappa shape index (κ2) is 9.77. The van der Waals surface area contributed by atoms with Gasteiger partial charge in [-0.1, -0.05) is 48.5 Å². The molecule has 0 saturated carbocycles. The van der Waals surface area contributed by atoms with Gasteiger partial charge in [-0.3, -0.25) is 14.7 Å². The SMILES string of the molecule is Cc1[nH]n(-c2ccccc2)c(=O)c1/C=N/NC(=O)CNc1ccc2ccccc2c1.Cl. The maximum absolute atomic E-state index is 12.6. The molecule has 0 spiro atoms. The first kappa shape index (κ1) is 21.9. The highest BCUT2D eigenvalue weighted by Crippen LogP contribution is 2.18. The van der Waals surface area contributed by atoms with Crippen molar-refractivity contribution < 1.29 is 4.79 Å². The molecule has 3 N–H and O–H groups in total. The van der Waals surface area contributed by atoms with Crippen LogP contribution in [0.3, 0.4) is 0 Å². The molecule has 1 heterocycles.